The molecular weight excluding hydrogens is 505 g/mol. The highest BCUT2D eigenvalue weighted by Gasteiger charge is 2.32. The molecule has 0 aliphatic carbocycles. The Labute approximate surface area is 211 Å². The van der Waals surface area contributed by atoms with Gasteiger partial charge in [-0.15, -0.1) is 0 Å². The third-order valence-electron chi connectivity index (χ3n) is 4.87. The predicted molar refractivity (Wildman–Crippen MR) is 136 cm³/mol. The third-order valence-corrected chi connectivity index (χ3v) is 7.00. The van der Waals surface area contributed by atoms with E-state index in [2.05, 4.69) is 15.6 Å². The minimum absolute atomic E-state index is 0.0931. The molecule has 0 radical (unpaired) electrons. The number of rotatable bonds is 6. The first kappa shape index (κ1) is 25.4. The van der Waals surface area contributed by atoms with Crippen molar-refractivity contribution >= 4 is 69.3 Å². The van der Waals surface area contributed by atoms with Gasteiger partial charge in [0.25, 0.3) is 0 Å². The molecule has 174 valence electrons. The Bertz CT molecular complexity index is 1150. The number of amides is 1. The molecule has 10 heteroatoms. The first-order chi connectivity index (χ1) is 15.7. The lowest BCUT2D eigenvalue weighted by Crippen LogP contribution is -2.31. The van der Waals surface area contributed by atoms with Crippen LogP contribution in [0.4, 0.5) is 5.69 Å². The van der Waals surface area contributed by atoms with Crippen LogP contribution >= 0.6 is 46.6 Å². The van der Waals surface area contributed by atoms with Crippen LogP contribution in [0.5, 0.6) is 0 Å². The number of hydrogen-bond donors (Lipinski definition) is 2. The number of nitrogens with one attached hydrogen (secondary N) is 2. The molecule has 1 atom stereocenters. The molecule has 2 aromatic rings. The third kappa shape index (κ3) is 6.03. The van der Waals surface area contributed by atoms with Crippen LogP contribution in [0.15, 0.2) is 52.7 Å². The largest absolute Gasteiger partial charge is 0.463 e. The van der Waals surface area contributed by atoms with Gasteiger partial charge in [-0.05, 0) is 44.5 Å². The fraction of sp³-hybridized carbons (Fsp3) is 0.261. The molecular formula is C23H22Cl3N3O3S. The fourth-order valence-electron chi connectivity index (χ4n) is 3.21. The average Bonchev–Trinajstić information content (AvgIpc) is 2.77. The highest BCUT2D eigenvalue weighted by molar-refractivity contribution is 8.14. The van der Waals surface area contributed by atoms with Gasteiger partial charge in [-0.25, -0.2) is 9.79 Å². The average molecular weight is 527 g/mol. The number of ether oxygens (including phenoxy) is 1. The molecule has 0 unspecified atom stereocenters. The molecule has 1 amide bonds. The molecule has 1 aliphatic heterocycles. The lowest BCUT2D eigenvalue weighted by Gasteiger charge is -2.26. The van der Waals surface area contributed by atoms with Gasteiger partial charge in [-0.2, -0.15) is 0 Å². The fourth-order valence-corrected chi connectivity index (χ4v) is 4.54. The predicted octanol–water partition coefficient (Wildman–Crippen LogP) is 6.16. The number of carbonyl (C=O) groups excluding carboxylic acids is 2. The van der Waals surface area contributed by atoms with Gasteiger partial charge in [0.05, 0.1) is 28.0 Å². The van der Waals surface area contributed by atoms with Gasteiger partial charge in [0.1, 0.15) is 6.04 Å². The van der Waals surface area contributed by atoms with Gasteiger partial charge < -0.3 is 15.4 Å². The van der Waals surface area contributed by atoms with Crippen molar-refractivity contribution in [3.8, 4) is 0 Å². The van der Waals surface area contributed by atoms with Gasteiger partial charge in [-0.1, -0.05) is 64.8 Å². The Morgan fingerprint density at radius 1 is 1.12 bits per heavy atom. The number of thioether (sulfide) groups is 1. The number of benzene rings is 2. The van der Waals surface area contributed by atoms with Crippen molar-refractivity contribution < 1.29 is 14.3 Å². The van der Waals surface area contributed by atoms with E-state index in [1.807, 2.05) is 6.92 Å². The summed E-state index contributed by atoms with van der Waals surface area (Å²) in [6.45, 7) is 5.54. The van der Waals surface area contributed by atoms with Gasteiger partial charge >= 0.3 is 5.97 Å². The van der Waals surface area contributed by atoms with Crippen molar-refractivity contribution in [2.75, 3.05) is 17.7 Å². The topological polar surface area (TPSA) is 79.8 Å². The normalized spacial score (nSPS) is 15.6. The molecule has 6 nitrogen and oxygen atoms in total. The maximum Gasteiger partial charge on any atom is 0.338 e. The Kier molecular flexibility index (Phi) is 8.70. The summed E-state index contributed by atoms with van der Waals surface area (Å²) in [6, 6.07) is 9.77. The van der Waals surface area contributed by atoms with E-state index in [0.29, 0.717) is 42.8 Å². The molecule has 3 rings (SSSR count). The molecule has 0 saturated carbocycles. The monoisotopic (exact) mass is 525 g/mol. The smallest absolute Gasteiger partial charge is 0.338 e. The zero-order valence-electron chi connectivity index (χ0n) is 18.2. The van der Waals surface area contributed by atoms with Crippen molar-refractivity contribution in [3.05, 3.63) is 73.9 Å². The van der Waals surface area contributed by atoms with E-state index in [9.17, 15) is 9.59 Å². The first-order valence-electron chi connectivity index (χ1n) is 10.1. The van der Waals surface area contributed by atoms with E-state index in [0.717, 1.165) is 5.56 Å². The summed E-state index contributed by atoms with van der Waals surface area (Å²) < 4.78 is 5.23. The molecule has 2 aromatic carbocycles. The number of carbonyl (C=O) groups is 2. The van der Waals surface area contributed by atoms with Crippen LogP contribution in [0.1, 0.15) is 31.0 Å². The van der Waals surface area contributed by atoms with E-state index in [1.165, 1.54) is 11.8 Å². The Morgan fingerprint density at radius 3 is 2.55 bits per heavy atom. The number of anilines is 1. The van der Waals surface area contributed by atoms with Crippen molar-refractivity contribution in [2.24, 2.45) is 4.99 Å². The number of allylic oxidation sites excluding steroid dienone is 1. The highest BCUT2D eigenvalue weighted by Crippen LogP contribution is 2.39. The second-order valence-electron chi connectivity index (χ2n) is 7.11. The zero-order chi connectivity index (χ0) is 24.1. The second-order valence-corrected chi connectivity index (χ2v) is 9.27. The minimum Gasteiger partial charge on any atom is -0.463 e. The van der Waals surface area contributed by atoms with E-state index < -0.39 is 12.0 Å². The summed E-state index contributed by atoms with van der Waals surface area (Å²) in [6.07, 6.45) is 0. The summed E-state index contributed by atoms with van der Waals surface area (Å²) in [5.74, 6) is -0.619. The minimum atomic E-state index is -0.725. The second kappa shape index (κ2) is 11.3. The SMILES string of the molecule is CCOC(=O)C1=C(C)NC(SCC(=O)Nc2cccc(Cl)c2C)=N[C@@H]1c1cccc(Cl)c1Cl. The van der Waals surface area contributed by atoms with Gasteiger partial charge in [-0.3, -0.25) is 4.79 Å². The standard InChI is InChI=1S/C23H22Cl3N3O3S/c1-4-32-22(31)19-13(3)27-23(29-21(19)14-7-5-9-16(25)20(14)26)33-11-18(30)28-17-10-6-8-15(24)12(17)2/h5-10,21H,4,11H2,1-3H3,(H,27,29)(H,28,30)/t21-/m1/s1. The molecule has 2 N–H and O–H groups in total. The summed E-state index contributed by atoms with van der Waals surface area (Å²) in [5, 5.41) is 7.66. The van der Waals surface area contributed by atoms with Gasteiger partial charge in [0.2, 0.25) is 5.91 Å². The van der Waals surface area contributed by atoms with Crippen LogP contribution in [0.25, 0.3) is 0 Å². The number of amidine groups is 1. The number of aliphatic imine (C=N–C) groups is 1. The van der Waals surface area contributed by atoms with Crippen LogP contribution in [-0.2, 0) is 14.3 Å². The molecule has 0 saturated heterocycles. The zero-order valence-corrected chi connectivity index (χ0v) is 21.3. The van der Waals surface area contributed by atoms with Crippen LogP contribution < -0.4 is 10.6 Å². The summed E-state index contributed by atoms with van der Waals surface area (Å²) >= 11 is 20.0. The first-order valence-corrected chi connectivity index (χ1v) is 12.2. The summed E-state index contributed by atoms with van der Waals surface area (Å²) in [4.78, 5) is 29.9. The quantitative estimate of drug-likeness (QED) is 0.440. The lowest BCUT2D eigenvalue weighted by atomic mass is 9.96. The van der Waals surface area contributed by atoms with E-state index in [-0.39, 0.29) is 18.3 Å². The van der Waals surface area contributed by atoms with Crippen molar-refractivity contribution in [1.82, 2.24) is 5.32 Å². The van der Waals surface area contributed by atoms with Crippen molar-refractivity contribution in [3.63, 3.8) is 0 Å². The van der Waals surface area contributed by atoms with Crippen LogP contribution in [0.2, 0.25) is 15.1 Å². The molecule has 0 spiro atoms. The molecule has 1 heterocycles. The number of nitrogens with zero attached hydrogens (tertiary/aromatic N) is 1. The van der Waals surface area contributed by atoms with Crippen molar-refractivity contribution in [2.45, 2.75) is 26.8 Å². The Morgan fingerprint density at radius 2 is 1.82 bits per heavy atom. The summed E-state index contributed by atoms with van der Waals surface area (Å²) in [7, 11) is 0. The van der Waals surface area contributed by atoms with Crippen LogP contribution in [0, 0.1) is 6.92 Å². The lowest BCUT2D eigenvalue weighted by molar-refractivity contribution is -0.139. The number of halogens is 3. The summed E-state index contributed by atoms with van der Waals surface area (Å²) in [5.41, 5.74) is 2.92. The Balaban J connectivity index is 1.82. The van der Waals surface area contributed by atoms with Crippen molar-refractivity contribution in [1.29, 1.82) is 0 Å². The van der Waals surface area contributed by atoms with Gasteiger partial charge in [0.15, 0.2) is 5.17 Å². The highest BCUT2D eigenvalue weighted by atomic mass is 35.5. The maximum atomic E-state index is 12.7. The molecule has 0 bridgehead atoms. The molecule has 0 fully saturated rings. The number of hydrogen-bond acceptors (Lipinski definition) is 6. The van der Waals surface area contributed by atoms with E-state index in [1.54, 1.807) is 50.2 Å². The Hall–Kier alpha value is -2.19. The molecule has 0 aromatic heterocycles. The van der Waals surface area contributed by atoms with Crippen LogP contribution in [0.3, 0.4) is 0 Å². The maximum absolute atomic E-state index is 12.7. The molecule has 33 heavy (non-hydrogen) atoms. The number of esters is 1. The van der Waals surface area contributed by atoms with Gasteiger partial charge in [0, 0.05) is 22.0 Å². The molecule has 1 aliphatic rings. The van der Waals surface area contributed by atoms with E-state index >= 15 is 0 Å². The van der Waals surface area contributed by atoms with Crippen LogP contribution in [-0.4, -0.2) is 29.4 Å². The van der Waals surface area contributed by atoms with E-state index in [4.69, 9.17) is 39.5 Å².